The first kappa shape index (κ1) is 14.8. The van der Waals surface area contributed by atoms with Crippen LogP contribution in [-0.2, 0) is 10.3 Å². The predicted octanol–water partition coefficient (Wildman–Crippen LogP) is 3.85. The number of fused-ring (bicyclic) bond motifs is 5. The summed E-state index contributed by atoms with van der Waals surface area (Å²) < 4.78 is 11.9. The molecule has 1 spiro atoms. The molecular formula is C21H14O5. The van der Waals surface area contributed by atoms with E-state index < -0.39 is 11.6 Å². The van der Waals surface area contributed by atoms with Gasteiger partial charge in [0.15, 0.2) is 5.60 Å². The van der Waals surface area contributed by atoms with Gasteiger partial charge in [-0.15, -0.1) is 0 Å². The van der Waals surface area contributed by atoms with Gasteiger partial charge < -0.3 is 19.7 Å². The minimum Gasteiger partial charge on any atom is -0.508 e. The third kappa shape index (κ3) is 1.82. The summed E-state index contributed by atoms with van der Waals surface area (Å²) in [6.45, 7) is 0. The number of benzene rings is 2. The van der Waals surface area contributed by atoms with Crippen molar-refractivity contribution in [2.24, 2.45) is 0 Å². The summed E-state index contributed by atoms with van der Waals surface area (Å²) in [5, 5.41) is 19.9. The van der Waals surface area contributed by atoms with Crippen LogP contribution in [0.2, 0.25) is 0 Å². The third-order valence-electron chi connectivity index (χ3n) is 4.95. The monoisotopic (exact) mass is 346 g/mol. The standard InChI is InChI=1S/C21H14O5/c22-12-4-3-7-16-18(10-12)25-19-11-13(23)8-9-17(19)21(16)15-6-2-1-5-14(15)20(24)26-21/h1-6,8-11,22-23H,7H2. The van der Waals surface area contributed by atoms with Gasteiger partial charge in [-0.1, -0.05) is 24.3 Å². The number of allylic oxidation sites excluding steroid dienone is 3. The number of hydrogen-bond acceptors (Lipinski definition) is 5. The summed E-state index contributed by atoms with van der Waals surface area (Å²) in [4.78, 5) is 12.6. The van der Waals surface area contributed by atoms with E-state index in [-0.39, 0.29) is 11.5 Å². The smallest absolute Gasteiger partial charge is 0.340 e. The molecule has 0 saturated heterocycles. The Morgan fingerprint density at radius 3 is 2.77 bits per heavy atom. The topological polar surface area (TPSA) is 76.0 Å². The molecule has 2 aromatic carbocycles. The number of phenols is 1. The van der Waals surface area contributed by atoms with Gasteiger partial charge in [0.05, 0.1) is 5.56 Å². The number of esters is 1. The molecule has 5 heteroatoms. The fraction of sp³-hybridized carbons (Fsp3) is 0.0952. The second-order valence-corrected chi connectivity index (χ2v) is 6.42. The van der Waals surface area contributed by atoms with Crippen molar-refractivity contribution in [3.63, 3.8) is 0 Å². The molecule has 3 aliphatic rings. The van der Waals surface area contributed by atoms with Crippen molar-refractivity contribution in [1.82, 2.24) is 0 Å². The summed E-state index contributed by atoms with van der Waals surface area (Å²) >= 11 is 0. The van der Waals surface area contributed by atoms with E-state index in [1.165, 1.54) is 12.1 Å². The second-order valence-electron chi connectivity index (χ2n) is 6.42. The average molecular weight is 346 g/mol. The highest BCUT2D eigenvalue weighted by atomic mass is 16.6. The van der Waals surface area contributed by atoms with Crippen LogP contribution in [0.25, 0.3) is 0 Å². The number of carbonyl (C=O) groups excluding carboxylic acids is 1. The van der Waals surface area contributed by atoms with Crippen molar-refractivity contribution in [1.29, 1.82) is 0 Å². The van der Waals surface area contributed by atoms with Crippen molar-refractivity contribution in [2.45, 2.75) is 12.0 Å². The Morgan fingerprint density at radius 2 is 1.88 bits per heavy atom. The van der Waals surface area contributed by atoms with Gasteiger partial charge in [0.2, 0.25) is 0 Å². The van der Waals surface area contributed by atoms with Crippen LogP contribution in [0.15, 0.2) is 77.8 Å². The Hall–Kier alpha value is -3.47. The fourth-order valence-corrected chi connectivity index (χ4v) is 3.88. The predicted molar refractivity (Wildman–Crippen MR) is 92.9 cm³/mol. The maximum absolute atomic E-state index is 12.6. The molecule has 128 valence electrons. The number of hydrogen-bond donors (Lipinski definition) is 2. The fourth-order valence-electron chi connectivity index (χ4n) is 3.88. The zero-order chi connectivity index (χ0) is 17.9. The van der Waals surface area contributed by atoms with Crippen LogP contribution in [-0.4, -0.2) is 16.2 Å². The molecule has 0 aromatic heterocycles. The lowest BCUT2D eigenvalue weighted by Crippen LogP contribution is -2.35. The Bertz CT molecular complexity index is 1060. The largest absolute Gasteiger partial charge is 0.508 e. The van der Waals surface area contributed by atoms with E-state index in [2.05, 4.69) is 0 Å². The molecule has 0 bridgehead atoms. The van der Waals surface area contributed by atoms with Crippen LogP contribution < -0.4 is 4.74 Å². The van der Waals surface area contributed by atoms with Crippen molar-refractivity contribution in [3.8, 4) is 11.5 Å². The minimum absolute atomic E-state index is 0.0421. The lowest BCUT2D eigenvalue weighted by atomic mass is 9.76. The minimum atomic E-state index is -1.14. The molecule has 5 nitrogen and oxygen atoms in total. The molecular weight excluding hydrogens is 332 g/mol. The maximum Gasteiger partial charge on any atom is 0.340 e. The van der Waals surface area contributed by atoms with Crippen LogP contribution in [0.1, 0.15) is 27.9 Å². The molecule has 26 heavy (non-hydrogen) atoms. The second kappa shape index (κ2) is 5.02. The van der Waals surface area contributed by atoms with E-state index >= 15 is 0 Å². The lowest BCUT2D eigenvalue weighted by molar-refractivity contribution is 0.0197. The normalized spacial score (nSPS) is 22.8. The molecule has 0 fully saturated rings. The summed E-state index contributed by atoms with van der Waals surface area (Å²) in [5.41, 5.74) is 1.47. The van der Waals surface area contributed by atoms with E-state index in [9.17, 15) is 15.0 Å². The highest BCUT2D eigenvalue weighted by Gasteiger charge is 2.54. The number of aromatic hydroxyl groups is 1. The highest BCUT2D eigenvalue weighted by Crippen LogP contribution is 2.55. The van der Waals surface area contributed by atoms with Gasteiger partial charge in [-0.05, 0) is 30.7 Å². The zero-order valence-electron chi connectivity index (χ0n) is 13.6. The molecule has 0 amide bonds. The molecule has 2 N–H and O–H groups in total. The molecule has 1 aliphatic carbocycles. The van der Waals surface area contributed by atoms with Gasteiger partial charge >= 0.3 is 5.97 Å². The molecule has 0 saturated carbocycles. The van der Waals surface area contributed by atoms with E-state index in [4.69, 9.17) is 9.47 Å². The number of phenolic OH excluding ortho intramolecular Hbond substituents is 1. The Balaban J connectivity index is 1.88. The SMILES string of the molecule is O=C1OC2(C3=C(C=C(O)C=CC3)Oc3cc(O)ccc32)c2ccccc21. The first-order valence-electron chi connectivity index (χ1n) is 8.24. The molecule has 2 aliphatic heterocycles. The van der Waals surface area contributed by atoms with Crippen molar-refractivity contribution < 1.29 is 24.5 Å². The first-order chi connectivity index (χ1) is 12.6. The van der Waals surface area contributed by atoms with Gasteiger partial charge in [-0.3, -0.25) is 0 Å². The first-order valence-corrected chi connectivity index (χ1v) is 8.24. The Morgan fingerprint density at radius 1 is 1.04 bits per heavy atom. The van der Waals surface area contributed by atoms with Crippen LogP contribution in [0.3, 0.4) is 0 Å². The van der Waals surface area contributed by atoms with Crippen LogP contribution >= 0.6 is 0 Å². The summed E-state index contributed by atoms with van der Waals surface area (Å²) in [6, 6.07) is 12.0. The van der Waals surface area contributed by atoms with Gasteiger partial charge in [0, 0.05) is 28.8 Å². The quantitative estimate of drug-likeness (QED) is 0.709. The van der Waals surface area contributed by atoms with Crippen molar-refractivity contribution >= 4 is 5.97 Å². The number of rotatable bonds is 0. The van der Waals surface area contributed by atoms with Gasteiger partial charge in [0.25, 0.3) is 0 Å². The molecule has 0 radical (unpaired) electrons. The van der Waals surface area contributed by atoms with Gasteiger partial charge in [-0.2, -0.15) is 0 Å². The number of aliphatic hydroxyl groups is 1. The van der Waals surface area contributed by atoms with Crippen LogP contribution in [0, 0.1) is 0 Å². The van der Waals surface area contributed by atoms with Gasteiger partial charge in [-0.25, -0.2) is 4.79 Å². The summed E-state index contributed by atoms with van der Waals surface area (Å²) in [7, 11) is 0. The van der Waals surface area contributed by atoms with E-state index in [0.29, 0.717) is 29.1 Å². The molecule has 2 aromatic rings. The number of aliphatic hydroxyl groups excluding tert-OH is 1. The van der Waals surface area contributed by atoms with Crippen LogP contribution in [0.4, 0.5) is 0 Å². The lowest BCUT2D eigenvalue weighted by Gasteiger charge is -2.37. The maximum atomic E-state index is 12.6. The van der Waals surface area contributed by atoms with E-state index in [1.54, 1.807) is 36.4 Å². The van der Waals surface area contributed by atoms with E-state index in [0.717, 1.165) is 11.1 Å². The van der Waals surface area contributed by atoms with E-state index in [1.807, 2.05) is 12.1 Å². The molecule has 5 rings (SSSR count). The highest BCUT2D eigenvalue weighted by molar-refractivity contribution is 5.96. The molecule has 2 heterocycles. The van der Waals surface area contributed by atoms with Crippen molar-refractivity contribution in [2.75, 3.05) is 0 Å². The number of carbonyl (C=O) groups is 1. The van der Waals surface area contributed by atoms with Crippen molar-refractivity contribution in [3.05, 3.63) is 94.5 Å². The zero-order valence-corrected chi connectivity index (χ0v) is 13.6. The number of ether oxygens (including phenoxy) is 2. The third-order valence-corrected chi connectivity index (χ3v) is 4.95. The summed E-state index contributed by atoms with van der Waals surface area (Å²) in [5.74, 6) is 0.482. The Labute approximate surface area is 149 Å². The molecule has 1 atom stereocenters. The Kier molecular flexibility index (Phi) is 2.86. The molecule has 1 unspecified atom stereocenters. The van der Waals surface area contributed by atoms with Crippen LogP contribution in [0.5, 0.6) is 11.5 Å². The van der Waals surface area contributed by atoms with Gasteiger partial charge in [0.1, 0.15) is 23.0 Å². The average Bonchev–Trinajstić information content (AvgIpc) is 2.77. The summed E-state index contributed by atoms with van der Waals surface area (Å²) in [6.07, 6.45) is 5.33.